The van der Waals surface area contributed by atoms with Crippen LogP contribution in [0.2, 0.25) is 0 Å². The Morgan fingerprint density at radius 3 is 2.59 bits per heavy atom. The molecule has 1 aliphatic rings. The van der Waals surface area contributed by atoms with E-state index in [0.717, 1.165) is 37.3 Å². The van der Waals surface area contributed by atoms with Crippen molar-refractivity contribution in [2.24, 2.45) is 0 Å². The van der Waals surface area contributed by atoms with Gasteiger partial charge in [-0.3, -0.25) is 10.2 Å². The van der Waals surface area contributed by atoms with Crippen molar-refractivity contribution in [2.75, 3.05) is 33.2 Å². The van der Waals surface area contributed by atoms with Crippen molar-refractivity contribution in [1.82, 2.24) is 15.1 Å². The molecule has 1 heterocycles. The highest BCUT2D eigenvalue weighted by molar-refractivity contribution is 5.66. The predicted octanol–water partition coefficient (Wildman–Crippen LogP) is 1.07. The summed E-state index contributed by atoms with van der Waals surface area (Å²) < 4.78 is 0. The molecule has 6 nitrogen and oxygen atoms in total. The molecule has 2 rings (SSSR count). The van der Waals surface area contributed by atoms with Crippen molar-refractivity contribution in [1.29, 1.82) is 0 Å². The number of hydrogen-bond donors (Lipinski definition) is 3. The maximum atomic E-state index is 11.4. The Morgan fingerprint density at radius 2 is 2.05 bits per heavy atom. The standard InChI is InChI=1S/C16H24N3O3/c1-3-16(17-15(21)22,19-9-7-18(2)8-10-19)14-6-4-5-13(11-14)12-20/h4-6,11,17,20H,1,3,7-10,12H2,2H3,(H,21,22). The van der Waals surface area contributed by atoms with Gasteiger partial charge in [-0.1, -0.05) is 18.2 Å². The average Bonchev–Trinajstić information content (AvgIpc) is 2.53. The largest absolute Gasteiger partial charge is 0.465 e. The topological polar surface area (TPSA) is 76.0 Å². The van der Waals surface area contributed by atoms with Crippen LogP contribution in [0, 0.1) is 6.92 Å². The van der Waals surface area contributed by atoms with Crippen LogP contribution in [0.4, 0.5) is 4.79 Å². The van der Waals surface area contributed by atoms with E-state index in [2.05, 4.69) is 29.1 Å². The lowest BCUT2D eigenvalue weighted by atomic mass is 9.92. The third-order valence-electron chi connectivity index (χ3n) is 4.31. The molecule has 6 heteroatoms. The molecule has 1 unspecified atom stereocenters. The van der Waals surface area contributed by atoms with Crippen LogP contribution in [0.3, 0.4) is 0 Å². The second kappa shape index (κ2) is 7.09. The van der Waals surface area contributed by atoms with Gasteiger partial charge in [0.2, 0.25) is 0 Å². The monoisotopic (exact) mass is 306 g/mol. The number of aliphatic hydroxyl groups is 1. The van der Waals surface area contributed by atoms with Crippen LogP contribution in [0.5, 0.6) is 0 Å². The van der Waals surface area contributed by atoms with Crippen LogP contribution in [0.25, 0.3) is 0 Å². The molecular weight excluding hydrogens is 282 g/mol. The van der Waals surface area contributed by atoms with Crippen molar-refractivity contribution in [3.8, 4) is 0 Å². The van der Waals surface area contributed by atoms with Gasteiger partial charge in [0, 0.05) is 26.2 Å². The number of carbonyl (C=O) groups is 1. The summed E-state index contributed by atoms with van der Waals surface area (Å²) >= 11 is 0. The molecule has 1 saturated heterocycles. The number of nitrogens with zero attached hydrogens (tertiary/aromatic N) is 2. The Kier molecular flexibility index (Phi) is 5.39. The van der Waals surface area contributed by atoms with Crippen molar-refractivity contribution in [3.05, 3.63) is 42.3 Å². The Bertz CT molecular complexity index is 515. The van der Waals surface area contributed by atoms with Crippen LogP contribution in [-0.4, -0.2) is 59.3 Å². The van der Waals surface area contributed by atoms with Crippen LogP contribution in [-0.2, 0) is 12.3 Å². The lowest BCUT2D eigenvalue weighted by Gasteiger charge is -2.47. The number of carboxylic acid groups (broad SMARTS) is 1. The second-order valence-corrected chi connectivity index (χ2v) is 5.69. The molecule has 0 aromatic heterocycles. The fraction of sp³-hybridized carbons (Fsp3) is 0.500. The van der Waals surface area contributed by atoms with E-state index in [1.807, 2.05) is 24.3 Å². The van der Waals surface area contributed by atoms with Crippen molar-refractivity contribution >= 4 is 6.09 Å². The molecular formula is C16H24N3O3. The molecule has 0 aliphatic carbocycles. The quantitative estimate of drug-likeness (QED) is 0.759. The van der Waals surface area contributed by atoms with Gasteiger partial charge in [0.1, 0.15) is 5.66 Å². The first-order valence-electron chi connectivity index (χ1n) is 7.46. The molecule has 0 saturated carbocycles. The number of hydrogen-bond acceptors (Lipinski definition) is 4. The molecule has 1 aromatic rings. The van der Waals surface area contributed by atoms with Gasteiger partial charge >= 0.3 is 6.09 Å². The summed E-state index contributed by atoms with van der Waals surface area (Å²) in [5.74, 6) is 0. The van der Waals surface area contributed by atoms with Gasteiger partial charge < -0.3 is 15.1 Å². The van der Waals surface area contributed by atoms with Crippen molar-refractivity contribution in [2.45, 2.75) is 18.7 Å². The number of piperazine rings is 1. The Labute approximate surface area is 131 Å². The zero-order chi connectivity index (χ0) is 16.2. The van der Waals surface area contributed by atoms with Gasteiger partial charge in [-0.2, -0.15) is 0 Å². The molecule has 1 amide bonds. The SMILES string of the molecule is [CH2]CC(NC(=O)O)(c1cccc(CO)c1)N1CCN(C)CC1. The third-order valence-corrected chi connectivity index (χ3v) is 4.31. The minimum atomic E-state index is -1.07. The van der Waals surface area contributed by atoms with E-state index < -0.39 is 11.8 Å². The van der Waals surface area contributed by atoms with Crippen LogP contribution in [0.15, 0.2) is 24.3 Å². The number of nitrogens with one attached hydrogen (secondary N) is 1. The lowest BCUT2D eigenvalue weighted by Crippen LogP contribution is -2.62. The summed E-state index contributed by atoms with van der Waals surface area (Å²) in [7, 11) is 2.06. The summed E-state index contributed by atoms with van der Waals surface area (Å²) in [6, 6.07) is 7.39. The van der Waals surface area contributed by atoms with E-state index in [4.69, 9.17) is 0 Å². The fourth-order valence-electron chi connectivity index (χ4n) is 2.99. The van der Waals surface area contributed by atoms with E-state index in [-0.39, 0.29) is 6.61 Å². The fourth-order valence-corrected chi connectivity index (χ4v) is 2.99. The first-order valence-corrected chi connectivity index (χ1v) is 7.46. The Hall–Kier alpha value is -1.63. The van der Waals surface area contributed by atoms with E-state index in [0.29, 0.717) is 6.42 Å². The lowest BCUT2D eigenvalue weighted by molar-refractivity contribution is 0.0151. The maximum Gasteiger partial charge on any atom is 0.406 e. The van der Waals surface area contributed by atoms with Crippen molar-refractivity contribution in [3.63, 3.8) is 0 Å². The van der Waals surface area contributed by atoms with Crippen LogP contribution < -0.4 is 5.32 Å². The molecule has 0 bridgehead atoms. The molecule has 1 atom stereocenters. The zero-order valence-electron chi connectivity index (χ0n) is 13.0. The number of likely N-dealkylation sites (N-methyl/N-ethyl adjacent to an activating group) is 1. The van der Waals surface area contributed by atoms with Gasteiger partial charge in [0.05, 0.1) is 6.61 Å². The van der Waals surface area contributed by atoms with E-state index >= 15 is 0 Å². The number of amides is 1. The number of aliphatic hydroxyl groups excluding tert-OH is 1. The summed E-state index contributed by atoms with van der Waals surface area (Å²) in [5, 5.41) is 21.4. The highest BCUT2D eigenvalue weighted by Gasteiger charge is 2.39. The van der Waals surface area contributed by atoms with E-state index in [1.54, 1.807) is 0 Å². The maximum absolute atomic E-state index is 11.4. The zero-order valence-corrected chi connectivity index (χ0v) is 13.0. The van der Waals surface area contributed by atoms with Gasteiger partial charge in [-0.25, -0.2) is 4.79 Å². The number of rotatable bonds is 5. The summed E-state index contributed by atoms with van der Waals surface area (Å²) in [6.45, 7) is 7.20. The summed E-state index contributed by atoms with van der Waals surface area (Å²) in [6.07, 6.45) is -0.699. The highest BCUT2D eigenvalue weighted by Crippen LogP contribution is 2.31. The second-order valence-electron chi connectivity index (χ2n) is 5.69. The predicted molar refractivity (Wildman–Crippen MR) is 84.2 cm³/mol. The van der Waals surface area contributed by atoms with Crippen molar-refractivity contribution < 1.29 is 15.0 Å². The first-order chi connectivity index (χ1) is 10.5. The molecule has 3 N–H and O–H groups in total. The normalized spacial score (nSPS) is 19.6. The molecule has 22 heavy (non-hydrogen) atoms. The van der Waals surface area contributed by atoms with Gasteiger partial charge in [0.25, 0.3) is 0 Å². The van der Waals surface area contributed by atoms with E-state index in [9.17, 15) is 15.0 Å². The highest BCUT2D eigenvalue weighted by atomic mass is 16.4. The average molecular weight is 306 g/mol. The molecule has 1 aliphatic heterocycles. The molecule has 1 fully saturated rings. The molecule has 1 aromatic carbocycles. The van der Waals surface area contributed by atoms with Crippen LogP contribution in [0.1, 0.15) is 17.5 Å². The molecule has 121 valence electrons. The van der Waals surface area contributed by atoms with Gasteiger partial charge in [-0.05, 0) is 37.6 Å². The number of benzene rings is 1. The Morgan fingerprint density at radius 1 is 1.36 bits per heavy atom. The first kappa shape index (κ1) is 16.7. The van der Waals surface area contributed by atoms with Crippen LogP contribution >= 0.6 is 0 Å². The minimum absolute atomic E-state index is 0.0725. The van der Waals surface area contributed by atoms with E-state index in [1.165, 1.54) is 0 Å². The smallest absolute Gasteiger partial charge is 0.406 e. The summed E-state index contributed by atoms with van der Waals surface area (Å²) in [4.78, 5) is 15.7. The Balaban J connectivity index is 2.41. The third kappa shape index (κ3) is 3.40. The minimum Gasteiger partial charge on any atom is -0.465 e. The molecule has 1 radical (unpaired) electrons. The van der Waals surface area contributed by atoms with Gasteiger partial charge in [-0.15, -0.1) is 0 Å². The molecule has 0 spiro atoms. The summed E-state index contributed by atoms with van der Waals surface area (Å²) in [5.41, 5.74) is 0.718. The van der Waals surface area contributed by atoms with Gasteiger partial charge in [0.15, 0.2) is 0 Å².